The Kier molecular flexibility index (Phi) is 4.50. The summed E-state index contributed by atoms with van der Waals surface area (Å²) in [5.74, 6) is -0.269. The van der Waals surface area contributed by atoms with Crippen LogP contribution in [0.4, 0.5) is 0 Å². The van der Waals surface area contributed by atoms with Crippen molar-refractivity contribution in [3.63, 3.8) is 0 Å². The maximum absolute atomic E-state index is 13.1. The summed E-state index contributed by atoms with van der Waals surface area (Å²) in [4.78, 5) is 34.7. The van der Waals surface area contributed by atoms with E-state index in [2.05, 4.69) is 9.97 Å². The molecule has 0 atom stereocenters. The van der Waals surface area contributed by atoms with Crippen LogP contribution in [-0.4, -0.2) is 32.2 Å². The first kappa shape index (κ1) is 18.6. The monoisotopic (exact) mass is 388 g/mol. The van der Waals surface area contributed by atoms with Crippen LogP contribution in [0.25, 0.3) is 28.2 Å². The van der Waals surface area contributed by atoms with Gasteiger partial charge < -0.3 is 4.74 Å². The molecule has 0 unspecified atom stereocenters. The molecule has 7 nitrogen and oxygen atoms in total. The molecule has 0 fully saturated rings. The molecule has 0 N–H and O–H groups in total. The van der Waals surface area contributed by atoms with Crippen molar-refractivity contribution >= 4 is 17.1 Å². The number of fused-ring (bicyclic) bond motifs is 1. The first-order chi connectivity index (χ1) is 13.9. The van der Waals surface area contributed by atoms with Crippen LogP contribution in [0, 0.1) is 13.8 Å². The second-order valence-electron chi connectivity index (χ2n) is 6.89. The number of carbonyl (C=O) groups excluding carboxylic acids is 1. The van der Waals surface area contributed by atoms with E-state index in [4.69, 9.17) is 4.74 Å². The molecule has 2 aromatic carbocycles. The topological polar surface area (TPSA) is 79.0 Å². The number of esters is 1. The Bertz CT molecular complexity index is 1300. The van der Waals surface area contributed by atoms with E-state index in [1.807, 2.05) is 62.4 Å². The quantitative estimate of drug-likeness (QED) is 0.504. The van der Waals surface area contributed by atoms with Crippen LogP contribution < -0.4 is 5.69 Å². The molecule has 0 spiro atoms. The highest BCUT2D eigenvalue weighted by molar-refractivity contribution is 6.00. The van der Waals surface area contributed by atoms with E-state index in [0.29, 0.717) is 22.7 Å². The second-order valence-corrected chi connectivity index (χ2v) is 6.89. The van der Waals surface area contributed by atoms with E-state index in [1.165, 1.54) is 16.2 Å². The third-order valence-electron chi connectivity index (χ3n) is 4.94. The van der Waals surface area contributed by atoms with Gasteiger partial charge in [-0.05, 0) is 25.5 Å². The number of aryl methyl sites for hydroxylation is 3. The summed E-state index contributed by atoms with van der Waals surface area (Å²) in [5, 5.41) is 0. The van der Waals surface area contributed by atoms with Gasteiger partial charge in [-0.25, -0.2) is 24.1 Å². The van der Waals surface area contributed by atoms with E-state index in [1.54, 1.807) is 7.05 Å². The van der Waals surface area contributed by atoms with Crippen LogP contribution in [0.2, 0.25) is 0 Å². The summed E-state index contributed by atoms with van der Waals surface area (Å²) in [5.41, 5.74) is 3.90. The lowest BCUT2D eigenvalue weighted by atomic mass is 10.1. The van der Waals surface area contributed by atoms with Gasteiger partial charge in [0.25, 0.3) is 0 Å². The minimum absolute atomic E-state index is 0.0556. The number of carbonyl (C=O) groups is 1. The molecule has 7 heteroatoms. The minimum atomic E-state index is -0.622. The van der Waals surface area contributed by atoms with E-state index >= 15 is 0 Å². The highest BCUT2D eigenvalue weighted by Gasteiger charge is 2.24. The lowest BCUT2D eigenvalue weighted by Crippen LogP contribution is -2.21. The van der Waals surface area contributed by atoms with Crippen molar-refractivity contribution in [2.45, 2.75) is 13.8 Å². The number of imidazole rings is 1. The molecular weight excluding hydrogens is 368 g/mol. The molecule has 29 heavy (non-hydrogen) atoms. The molecule has 0 aliphatic rings. The molecule has 0 aliphatic heterocycles. The summed E-state index contributed by atoms with van der Waals surface area (Å²) in [6, 6.07) is 15.2. The predicted octanol–water partition coefficient (Wildman–Crippen LogP) is 3.19. The van der Waals surface area contributed by atoms with Gasteiger partial charge in [0.05, 0.1) is 12.8 Å². The fourth-order valence-electron chi connectivity index (χ4n) is 3.35. The zero-order chi connectivity index (χ0) is 20.7. The molecule has 146 valence electrons. The van der Waals surface area contributed by atoms with Gasteiger partial charge in [0.1, 0.15) is 5.52 Å². The third kappa shape index (κ3) is 3.00. The highest BCUT2D eigenvalue weighted by Crippen LogP contribution is 2.25. The summed E-state index contributed by atoms with van der Waals surface area (Å²) < 4.78 is 7.83. The minimum Gasteiger partial charge on any atom is -0.464 e. The van der Waals surface area contributed by atoms with Crippen LogP contribution in [0.5, 0.6) is 0 Å². The maximum Gasteiger partial charge on any atom is 0.359 e. The molecule has 0 amide bonds. The number of methoxy groups -OCH3 is 1. The van der Waals surface area contributed by atoms with E-state index in [-0.39, 0.29) is 11.4 Å². The van der Waals surface area contributed by atoms with Gasteiger partial charge in [-0.15, -0.1) is 0 Å². The number of benzene rings is 2. The van der Waals surface area contributed by atoms with Crippen molar-refractivity contribution in [1.82, 2.24) is 19.1 Å². The number of hydrogen-bond acceptors (Lipinski definition) is 5. The Balaban J connectivity index is 2.13. The summed E-state index contributed by atoms with van der Waals surface area (Å²) >= 11 is 0. The summed E-state index contributed by atoms with van der Waals surface area (Å²) in [7, 11) is 2.89. The Morgan fingerprint density at radius 3 is 2.34 bits per heavy atom. The predicted molar refractivity (Wildman–Crippen MR) is 110 cm³/mol. The number of nitrogens with zero attached hydrogens (tertiary/aromatic N) is 4. The third-order valence-corrected chi connectivity index (χ3v) is 4.94. The number of aromatic nitrogens is 4. The van der Waals surface area contributed by atoms with E-state index in [0.717, 1.165) is 16.7 Å². The number of para-hydroxylation sites is 1. The normalized spacial score (nSPS) is 11.0. The lowest BCUT2D eigenvalue weighted by molar-refractivity contribution is 0.0596. The van der Waals surface area contributed by atoms with Crippen LogP contribution in [0.15, 0.2) is 53.3 Å². The SMILES string of the molecule is COC(=O)c1nc(-c2ccc(C)cc2)nc2c1n(C)c(=O)n2-c1ccccc1C. The molecule has 0 saturated carbocycles. The van der Waals surface area contributed by atoms with Crippen molar-refractivity contribution in [3.8, 4) is 17.1 Å². The molecule has 0 aliphatic carbocycles. The van der Waals surface area contributed by atoms with Crippen LogP contribution >= 0.6 is 0 Å². The molecule has 2 aromatic heterocycles. The van der Waals surface area contributed by atoms with Gasteiger partial charge >= 0.3 is 11.7 Å². The molecule has 0 saturated heterocycles. The first-order valence-electron chi connectivity index (χ1n) is 9.13. The molecule has 2 heterocycles. The van der Waals surface area contributed by atoms with Crippen LogP contribution in [-0.2, 0) is 11.8 Å². The second kappa shape index (κ2) is 7.01. The fourth-order valence-corrected chi connectivity index (χ4v) is 3.35. The number of hydrogen-bond donors (Lipinski definition) is 0. The first-order valence-corrected chi connectivity index (χ1v) is 9.13. The van der Waals surface area contributed by atoms with Crippen molar-refractivity contribution in [2.24, 2.45) is 7.05 Å². The molecule has 4 aromatic rings. The van der Waals surface area contributed by atoms with Gasteiger partial charge in [-0.1, -0.05) is 48.0 Å². The van der Waals surface area contributed by atoms with Crippen LogP contribution in [0.1, 0.15) is 21.6 Å². The fraction of sp³-hybridized carbons (Fsp3) is 0.182. The molecule has 0 radical (unpaired) electrons. The molecule has 0 bridgehead atoms. The molecular formula is C22H20N4O3. The van der Waals surface area contributed by atoms with Gasteiger partial charge in [0.2, 0.25) is 0 Å². The maximum atomic E-state index is 13.1. The van der Waals surface area contributed by atoms with Gasteiger partial charge in [-0.3, -0.25) is 4.57 Å². The van der Waals surface area contributed by atoms with Gasteiger partial charge in [-0.2, -0.15) is 0 Å². The smallest absolute Gasteiger partial charge is 0.359 e. The zero-order valence-electron chi connectivity index (χ0n) is 16.6. The highest BCUT2D eigenvalue weighted by atomic mass is 16.5. The molecule has 4 rings (SSSR count). The van der Waals surface area contributed by atoms with Gasteiger partial charge in [0.15, 0.2) is 17.2 Å². The number of ether oxygens (including phenoxy) is 1. The Morgan fingerprint density at radius 2 is 1.69 bits per heavy atom. The van der Waals surface area contributed by atoms with Crippen molar-refractivity contribution in [1.29, 1.82) is 0 Å². The zero-order valence-corrected chi connectivity index (χ0v) is 16.6. The largest absolute Gasteiger partial charge is 0.464 e. The van der Waals surface area contributed by atoms with E-state index in [9.17, 15) is 9.59 Å². The Hall–Kier alpha value is -3.74. The Morgan fingerprint density at radius 1 is 1.00 bits per heavy atom. The average molecular weight is 388 g/mol. The summed E-state index contributed by atoms with van der Waals surface area (Å²) in [6.45, 7) is 3.91. The van der Waals surface area contributed by atoms with Crippen molar-refractivity contribution < 1.29 is 9.53 Å². The lowest BCUT2D eigenvalue weighted by Gasteiger charge is -2.09. The number of rotatable bonds is 3. The summed E-state index contributed by atoms with van der Waals surface area (Å²) in [6.07, 6.45) is 0. The standard InChI is InChI=1S/C22H20N4O3/c1-13-9-11-15(12-10-13)19-23-17(21(27)29-4)18-20(24-19)26(22(28)25(18)3)16-8-6-5-7-14(16)2/h5-12H,1-4H3. The van der Waals surface area contributed by atoms with E-state index < -0.39 is 5.97 Å². The van der Waals surface area contributed by atoms with Crippen molar-refractivity contribution in [3.05, 3.63) is 75.8 Å². The Labute approximate surface area is 167 Å². The average Bonchev–Trinajstić information content (AvgIpc) is 2.98. The van der Waals surface area contributed by atoms with Crippen LogP contribution in [0.3, 0.4) is 0 Å². The van der Waals surface area contributed by atoms with Crippen molar-refractivity contribution in [2.75, 3.05) is 7.11 Å². The van der Waals surface area contributed by atoms with Gasteiger partial charge in [0, 0.05) is 12.6 Å².